The van der Waals surface area contributed by atoms with E-state index in [4.69, 9.17) is 13.9 Å². The molecule has 6 nitrogen and oxygen atoms in total. The molecule has 5 rings (SSSR count). The normalized spacial score (nSPS) is 14.7. The van der Waals surface area contributed by atoms with Crippen molar-refractivity contribution in [2.75, 3.05) is 12.5 Å². The molecule has 0 atom stereocenters. The second-order valence-electron chi connectivity index (χ2n) is 6.84. The molecule has 0 N–H and O–H groups in total. The molecule has 0 saturated heterocycles. The average Bonchev–Trinajstić information content (AvgIpc) is 3.40. The van der Waals surface area contributed by atoms with Crippen LogP contribution in [-0.4, -0.2) is 28.5 Å². The van der Waals surface area contributed by atoms with Crippen molar-refractivity contribution in [3.05, 3.63) is 53.1 Å². The fourth-order valence-electron chi connectivity index (χ4n) is 3.53. The van der Waals surface area contributed by atoms with E-state index in [9.17, 15) is 4.79 Å². The molecule has 0 unspecified atom stereocenters. The van der Waals surface area contributed by atoms with E-state index in [2.05, 4.69) is 16.3 Å². The van der Waals surface area contributed by atoms with Crippen LogP contribution in [0.2, 0.25) is 0 Å². The molecule has 1 aromatic heterocycles. The van der Waals surface area contributed by atoms with Crippen LogP contribution in [0.5, 0.6) is 11.5 Å². The van der Waals surface area contributed by atoms with E-state index < -0.39 is 0 Å². The highest BCUT2D eigenvalue weighted by molar-refractivity contribution is 7.99. The Morgan fingerprint density at radius 1 is 0.964 bits per heavy atom. The Hall–Kier alpha value is -2.80. The van der Waals surface area contributed by atoms with Crippen LogP contribution in [-0.2, 0) is 12.8 Å². The molecule has 0 fully saturated rings. The molecule has 7 heteroatoms. The quantitative estimate of drug-likeness (QED) is 0.471. The number of hydrogen-bond donors (Lipinski definition) is 0. The van der Waals surface area contributed by atoms with Crippen molar-refractivity contribution < 1.29 is 18.7 Å². The van der Waals surface area contributed by atoms with Gasteiger partial charge >= 0.3 is 0 Å². The number of nitrogens with zero attached hydrogens (tertiary/aromatic N) is 2. The lowest BCUT2D eigenvalue weighted by Gasteiger charge is -2.16. The largest absolute Gasteiger partial charge is 0.454 e. The van der Waals surface area contributed by atoms with E-state index in [0.717, 1.165) is 24.0 Å². The first-order chi connectivity index (χ1) is 13.8. The Morgan fingerprint density at radius 2 is 1.82 bits per heavy atom. The van der Waals surface area contributed by atoms with Crippen molar-refractivity contribution in [3.63, 3.8) is 0 Å². The van der Waals surface area contributed by atoms with Crippen molar-refractivity contribution in [1.29, 1.82) is 0 Å². The monoisotopic (exact) mass is 394 g/mol. The number of carbonyl (C=O) groups is 1. The summed E-state index contributed by atoms with van der Waals surface area (Å²) in [6.07, 6.45) is 4.61. The second-order valence-corrected chi connectivity index (χ2v) is 7.77. The minimum Gasteiger partial charge on any atom is -0.454 e. The first kappa shape index (κ1) is 17.3. The summed E-state index contributed by atoms with van der Waals surface area (Å²) in [6.45, 7) is 0.217. The highest BCUT2D eigenvalue weighted by atomic mass is 32.2. The van der Waals surface area contributed by atoms with Crippen LogP contribution in [0.15, 0.2) is 46.0 Å². The van der Waals surface area contributed by atoms with Crippen molar-refractivity contribution >= 4 is 17.5 Å². The Kier molecular flexibility index (Phi) is 4.52. The van der Waals surface area contributed by atoms with Crippen LogP contribution >= 0.6 is 11.8 Å². The lowest BCUT2D eigenvalue weighted by atomic mass is 9.90. The summed E-state index contributed by atoms with van der Waals surface area (Å²) < 4.78 is 16.4. The summed E-state index contributed by atoms with van der Waals surface area (Å²) in [5.41, 5.74) is 4.19. The number of carbonyl (C=O) groups excluding carboxylic acids is 1. The molecule has 142 valence electrons. The number of Topliss-reactive ketones (excluding diaryl/α,β-unsaturated/α-hetero) is 1. The first-order valence-electron chi connectivity index (χ1n) is 9.27. The average molecular weight is 394 g/mol. The van der Waals surface area contributed by atoms with Gasteiger partial charge in [0, 0.05) is 11.1 Å². The summed E-state index contributed by atoms with van der Waals surface area (Å²) in [5.74, 6) is 2.09. The van der Waals surface area contributed by atoms with Gasteiger partial charge in [-0.15, -0.1) is 10.2 Å². The molecule has 1 aliphatic heterocycles. The lowest BCUT2D eigenvalue weighted by Crippen LogP contribution is -2.07. The third-order valence-electron chi connectivity index (χ3n) is 5.02. The van der Waals surface area contributed by atoms with Crippen molar-refractivity contribution in [2.45, 2.75) is 30.9 Å². The second kappa shape index (κ2) is 7.31. The van der Waals surface area contributed by atoms with Gasteiger partial charge in [0.25, 0.3) is 5.22 Å². The van der Waals surface area contributed by atoms with Crippen LogP contribution in [0.4, 0.5) is 0 Å². The maximum absolute atomic E-state index is 12.6. The molecule has 2 aromatic carbocycles. The van der Waals surface area contributed by atoms with Crippen molar-refractivity contribution in [2.24, 2.45) is 0 Å². The molecule has 28 heavy (non-hydrogen) atoms. The number of rotatable bonds is 5. The Balaban J connectivity index is 1.25. The zero-order chi connectivity index (χ0) is 18.9. The maximum atomic E-state index is 12.6. The molecular weight excluding hydrogens is 376 g/mol. The molecule has 0 spiro atoms. The highest BCUT2D eigenvalue weighted by Crippen LogP contribution is 2.36. The van der Waals surface area contributed by atoms with E-state index in [1.807, 2.05) is 30.3 Å². The van der Waals surface area contributed by atoms with Crippen LogP contribution in [0.1, 0.15) is 34.3 Å². The minimum atomic E-state index is 0.0706. The predicted molar refractivity (Wildman–Crippen MR) is 104 cm³/mol. The van der Waals surface area contributed by atoms with E-state index in [1.54, 1.807) is 0 Å². The van der Waals surface area contributed by atoms with Gasteiger partial charge in [0.1, 0.15) is 0 Å². The van der Waals surface area contributed by atoms with E-state index in [-0.39, 0.29) is 18.3 Å². The number of hydrogen-bond acceptors (Lipinski definition) is 7. The van der Waals surface area contributed by atoms with E-state index in [0.29, 0.717) is 22.6 Å². The number of aryl methyl sites for hydroxylation is 2. The van der Waals surface area contributed by atoms with Gasteiger partial charge in [-0.25, -0.2) is 0 Å². The Bertz CT molecular complexity index is 1050. The summed E-state index contributed by atoms with van der Waals surface area (Å²) in [6, 6.07) is 11.5. The lowest BCUT2D eigenvalue weighted by molar-refractivity contribution is 0.102. The molecule has 0 bridgehead atoms. The molecule has 1 aliphatic carbocycles. The number of ketones is 1. The highest BCUT2D eigenvalue weighted by Gasteiger charge is 2.18. The number of thioether (sulfide) groups is 1. The fourth-order valence-corrected chi connectivity index (χ4v) is 4.19. The van der Waals surface area contributed by atoms with Gasteiger partial charge in [0.2, 0.25) is 12.7 Å². The summed E-state index contributed by atoms with van der Waals surface area (Å²) in [4.78, 5) is 12.6. The summed E-state index contributed by atoms with van der Waals surface area (Å²) in [5, 5.41) is 8.49. The predicted octanol–water partition coefficient (Wildman–Crippen LogP) is 4.32. The molecule has 2 heterocycles. The molecule has 0 radical (unpaired) electrons. The van der Waals surface area contributed by atoms with Gasteiger partial charge in [-0.2, -0.15) is 0 Å². The summed E-state index contributed by atoms with van der Waals surface area (Å²) >= 11 is 1.26. The van der Waals surface area contributed by atoms with Crippen LogP contribution in [0.3, 0.4) is 0 Å². The topological polar surface area (TPSA) is 74.5 Å². The Morgan fingerprint density at radius 3 is 2.75 bits per heavy atom. The standard InChI is InChI=1S/C21H18N2O4S/c24-17(15-6-5-13-3-1-2-4-14(13)9-15)11-28-21-23-22-20(27-21)16-7-8-18-19(10-16)26-12-25-18/h5-10H,1-4,11-12H2. The number of fused-ring (bicyclic) bond motifs is 2. The maximum Gasteiger partial charge on any atom is 0.277 e. The van der Waals surface area contributed by atoms with Crippen LogP contribution < -0.4 is 9.47 Å². The molecule has 3 aromatic rings. The van der Waals surface area contributed by atoms with Gasteiger partial charge in [0.15, 0.2) is 17.3 Å². The molecule has 2 aliphatic rings. The van der Waals surface area contributed by atoms with Gasteiger partial charge in [-0.05, 0) is 61.1 Å². The summed E-state index contributed by atoms with van der Waals surface area (Å²) in [7, 11) is 0. The van der Waals surface area contributed by atoms with Crippen molar-refractivity contribution in [3.8, 4) is 23.0 Å². The van der Waals surface area contributed by atoms with Gasteiger partial charge < -0.3 is 13.9 Å². The zero-order valence-electron chi connectivity index (χ0n) is 15.1. The zero-order valence-corrected chi connectivity index (χ0v) is 16.0. The first-order valence-corrected chi connectivity index (χ1v) is 10.3. The van der Waals surface area contributed by atoms with E-state index >= 15 is 0 Å². The van der Waals surface area contributed by atoms with Gasteiger partial charge in [-0.1, -0.05) is 23.9 Å². The SMILES string of the molecule is O=C(CSc1nnc(-c2ccc3c(c2)OCO3)o1)c1ccc2c(c1)CCCC2. The third kappa shape index (κ3) is 3.38. The van der Waals surface area contributed by atoms with E-state index in [1.165, 1.54) is 35.7 Å². The van der Waals surface area contributed by atoms with Crippen molar-refractivity contribution in [1.82, 2.24) is 10.2 Å². The number of aromatic nitrogens is 2. The minimum absolute atomic E-state index is 0.0706. The number of ether oxygens (including phenoxy) is 2. The fraction of sp³-hybridized carbons (Fsp3) is 0.286. The molecule has 0 saturated carbocycles. The Labute approximate surface area is 166 Å². The molecule has 0 amide bonds. The third-order valence-corrected chi connectivity index (χ3v) is 5.84. The van der Waals surface area contributed by atoms with Gasteiger partial charge in [-0.3, -0.25) is 4.79 Å². The van der Waals surface area contributed by atoms with Crippen LogP contribution in [0.25, 0.3) is 11.5 Å². The van der Waals surface area contributed by atoms with Gasteiger partial charge in [0.05, 0.1) is 5.75 Å². The number of benzene rings is 2. The van der Waals surface area contributed by atoms with Crippen LogP contribution in [0, 0.1) is 0 Å². The molecular formula is C21H18N2O4S. The smallest absolute Gasteiger partial charge is 0.277 e.